The highest BCUT2D eigenvalue weighted by Crippen LogP contribution is 2.43. The minimum absolute atomic E-state index is 0.0698. The number of ether oxygens (including phenoxy) is 1. The Morgan fingerprint density at radius 2 is 2.09 bits per heavy atom. The van der Waals surface area contributed by atoms with E-state index in [0.29, 0.717) is 16.5 Å². The summed E-state index contributed by atoms with van der Waals surface area (Å²) >= 11 is 6.18. The van der Waals surface area contributed by atoms with Crippen LogP contribution in [0, 0.1) is 0 Å². The van der Waals surface area contributed by atoms with Gasteiger partial charge in [-0.05, 0) is 30.2 Å². The zero-order chi connectivity index (χ0) is 15.7. The molecule has 3 N–H and O–H groups in total. The number of halogens is 1. The van der Waals surface area contributed by atoms with Crippen molar-refractivity contribution in [1.29, 1.82) is 0 Å². The second-order valence-electron chi connectivity index (χ2n) is 5.14. The highest BCUT2D eigenvalue weighted by atomic mass is 35.5. The Hall–Kier alpha value is -2.18. The molecule has 0 radical (unpaired) electrons. The summed E-state index contributed by atoms with van der Waals surface area (Å²) in [5, 5.41) is 3.42. The molecular weight excluding hydrogens is 304 g/mol. The van der Waals surface area contributed by atoms with Gasteiger partial charge in [0.1, 0.15) is 0 Å². The molecule has 0 aliphatic heterocycles. The van der Waals surface area contributed by atoms with Gasteiger partial charge in [-0.25, -0.2) is 9.97 Å². The number of amides is 1. The zero-order valence-corrected chi connectivity index (χ0v) is 12.7. The summed E-state index contributed by atoms with van der Waals surface area (Å²) in [7, 11) is 1.51. The average molecular weight is 319 g/mol. The van der Waals surface area contributed by atoms with Crippen molar-refractivity contribution in [2.24, 2.45) is 5.73 Å². The lowest BCUT2D eigenvalue weighted by Crippen LogP contribution is -2.15. The van der Waals surface area contributed by atoms with Crippen molar-refractivity contribution in [3.8, 4) is 5.75 Å². The number of aromatic nitrogens is 2. The fourth-order valence-electron chi connectivity index (χ4n) is 2.20. The van der Waals surface area contributed by atoms with Crippen molar-refractivity contribution in [2.45, 2.75) is 18.4 Å². The number of nitrogens with two attached hydrogens (primary N) is 1. The van der Waals surface area contributed by atoms with Gasteiger partial charge < -0.3 is 15.8 Å². The number of nitrogens with zero attached hydrogens (tertiary/aromatic N) is 2. The molecule has 3 rings (SSSR count). The third-order valence-electron chi connectivity index (χ3n) is 3.56. The molecule has 1 aromatic carbocycles. The van der Waals surface area contributed by atoms with E-state index in [0.717, 1.165) is 12.0 Å². The summed E-state index contributed by atoms with van der Waals surface area (Å²) < 4.78 is 4.96. The Morgan fingerprint density at radius 3 is 2.68 bits per heavy atom. The van der Waals surface area contributed by atoms with Gasteiger partial charge in [-0.3, -0.25) is 4.79 Å². The van der Waals surface area contributed by atoms with Crippen LogP contribution in [0.4, 0.5) is 5.69 Å². The van der Waals surface area contributed by atoms with E-state index in [-0.39, 0.29) is 17.8 Å². The van der Waals surface area contributed by atoms with Gasteiger partial charge in [-0.15, -0.1) is 0 Å². The van der Waals surface area contributed by atoms with E-state index >= 15 is 0 Å². The topological polar surface area (TPSA) is 90.1 Å². The molecule has 0 saturated heterocycles. The maximum absolute atomic E-state index is 12.1. The summed E-state index contributed by atoms with van der Waals surface area (Å²) in [5.41, 5.74) is 7.46. The van der Waals surface area contributed by atoms with Crippen LogP contribution >= 0.6 is 11.6 Å². The van der Waals surface area contributed by atoms with E-state index in [9.17, 15) is 4.79 Å². The summed E-state index contributed by atoms with van der Waals surface area (Å²) in [6.07, 6.45) is 3.80. The van der Waals surface area contributed by atoms with Gasteiger partial charge in [-0.1, -0.05) is 11.6 Å². The highest BCUT2D eigenvalue weighted by molar-refractivity contribution is 6.31. The second-order valence-corrected chi connectivity index (χ2v) is 5.55. The Labute approximate surface area is 132 Å². The smallest absolute Gasteiger partial charge is 0.293 e. The van der Waals surface area contributed by atoms with Gasteiger partial charge in [0.2, 0.25) is 5.82 Å². The fraction of sp³-hybridized carbons (Fsp3) is 0.267. The lowest BCUT2D eigenvalue weighted by molar-refractivity contribution is 0.101. The van der Waals surface area contributed by atoms with E-state index in [1.807, 2.05) is 6.07 Å². The third-order valence-corrected chi connectivity index (χ3v) is 3.90. The molecule has 1 saturated carbocycles. The molecular formula is C15H15ClN4O2. The van der Waals surface area contributed by atoms with Gasteiger partial charge in [-0.2, -0.15) is 0 Å². The largest absolute Gasteiger partial charge is 0.494 e. The summed E-state index contributed by atoms with van der Waals surface area (Å²) in [6, 6.07) is 5.49. The van der Waals surface area contributed by atoms with Crippen LogP contribution in [0.15, 0.2) is 30.6 Å². The lowest BCUT2D eigenvalue weighted by atomic mass is 10.1. The molecule has 0 bridgehead atoms. The molecule has 7 heteroatoms. The molecule has 22 heavy (non-hydrogen) atoms. The number of anilines is 1. The number of carbonyl (C=O) groups excluding carboxylic acids is 1. The number of methoxy groups -OCH3 is 1. The van der Waals surface area contributed by atoms with Crippen LogP contribution in [0.2, 0.25) is 5.02 Å². The van der Waals surface area contributed by atoms with Crippen LogP contribution in [-0.2, 0) is 0 Å². The number of hydrogen-bond donors (Lipinski definition) is 2. The quantitative estimate of drug-likeness (QED) is 0.902. The molecule has 1 aromatic heterocycles. The summed E-state index contributed by atoms with van der Waals surface area (Å²) in [5.74, 6) is 0.436. The van der Waals surface area contributed by atoms with E-state index in [2.05, 4.69) is 15.3 Å². The molecule has 1 aliphatic carbocycles. The fourth-order valence-corrected chi connectivity index (χ4v) is 2.46. The third kappa shape index (κ3) is 3.03. The van der Waals surface area contributed by atoms with Crippen LogP contribution in [0.3, 0.4) is 0 Å². The number of benzene rings is 1. The molecule has 114 valence electrons. The van der Waals surface area contributed by atoms with Crippen molar-refractivity contribution in [3.05, 3.63) is 47.0 Å². The molecule has 6 nitrogen and oxygen atoms in total. The van der Waals surface area contributed by atoms with E-state index in [1.54, 1.807) is 12.1 Å². The first-order chi connectivity index (χ1) is 10.6. The van der Waals surface area contributed by atoms with Crippen molar-refractivity contribution >= 4 is 23.2 Å². The molecule has 1 aliphatic rings. The Kier molecular flexibility index (Phi) is 3.96. The molecule has 1 heterocycles. The average Bonchev–Trinajstić information content (AvgIpc) is 3.26. The highest BCUT2D eigenvalue weighted by Gasteiger charge is 2.36. The summed E-state index contributed by atoms with van der Waals surface area (Å²) in [4.78, 5) is 20.0. The Bertz CT molecular complexity index is 705. The van der Waals surface area contributed by atoms with Gasteiger partial charge in [0.05, 0.1) is 19.5 Å². The normalized spacial score (nSPS) is 19.6. The van der Waals surface area contributed by atoms with Crippen LogP contribution in [0.25, 0.3) is 0 Å². The van der Waals surface area contributed by atoms with Crippen LogP contribution in [0.1, 0.15) is 28.5 Å². The van der Waals surface area contributed by atoms with Crippen LogP contribution < -0.4 is 15.8 Å². The number of hydrogen-bond acceptors (Lipinski definition) is 5. The molecule has 0 spiro atoms. The maximum atomic E-state index is 12.1. The molecule has 1 fully saturated rings. The number of rotatable bonds is 4. The predicted octanol–water partition coefficient (Wildman–Crippen LogP) is 2.21. The Morgan fingerprint density at radius 1 is 1.41 bits per heavy atom. The minimum Gasteiger partial charge on any atom is -0.494 e. The van der Waals surface area contributed by atoms with Gasteiger partial charge in [0, 0.05) is 22.7 Å². The predicted molar refractivity (Wildman–Crippen MR) is 83.3 cm³/mol. The van der Waals surface area contributed by atoms with Crippen LogP contribution in [0.5, 0.6) is 5.75 Å². The number of carbonyl (C=O) groups is 1. The van der Waals surface area contributed by atoms with Crippen molar-refractivity contribution in [2.75, 3.05) is 12.4 Å². The van der Waals surface area contributed by atoms with E-state index in [1.165, 1.54) is 19.5 Å². The van der Waals surface area contributed by atoms with Crippen molar-refractivity contribution in [3.63, 3.8) is 0 Å². The molecule has 1 amide bonds. The monoisotopic (exact) mass is 318 g/mol. The van der Waals surface area contributed by atoms with Crippen LogP contribution in [-0.4, -0.2) is 29.0 Å². The lowest BCUT2D eigenvalue weighted by Gasteiger charge is -2.08. The first-order valence-corrected chi connectivity index (χ1v) is 7.18. The van der Waals surface area contributed by atoms with E-state index < -0.39 is 5.91 Å². The SMILES string of the molecule is COc1cnc(C(=O)Nc2ccc(Cl)c([C@H]3C[C@H]3N)c2)nc1. The first kappa shape index (κ1) is 14.7. The second kappa shape index (κ2) is 5.90. The van der Waals surface area contributed by atoms with Crippen molar-refractivity contribution < 1.29 is 9.53 Å². The maximum Gasteiger partial charge on any atom is 0.293 e. The standard InChI is InChI=1S/C15H15ClN4O2/c1-22-9-6-18-14(19-7-9)15(21)20-8-2-3-12(16)10(4-8)11-5-13(11)17/h2-4,6-7,11,13H,5,17H2,1H3,(H,20,21)/t11-,13-/m1/s1. The zero-order valence-electron chi connectivity index (χ0n) is 11.9. The molecule has 0 unspecified atom stereocenters. The van der Waals surface area contributed by atoms with Gasteiger partial charge in [0.25, 0.3) is 5.91 Å². The number of nitrogens with one attached hydrogen (secondary N) is 1. The molecule has 2 aromatic rings. The first-order valence-electron chi connectivity index (χ1n) is 6.81. The van der Waals surface area contributed by atoms with Crippen molar-refractivity contribution in [1.82, 2.24) is 9.97 Å². The molecule has 2 atom stereocenters. The van der Waals surface area contributed by atoms with E-state index in [4.69, 9.17) is 22.1 Å². The van der Waals surface area contributed by atoms with Gasteiger partial charge >= 0.3 is 0 Å². The summed E-state index contributed by atoms with van der Waals surface area (Å²) in [6.45, 7) is 0. The van der Waals surface area contributed by atoms with Gasteiger partial charge in [0.15, 0.2) is 5.75 Å². The minimum atomic E-state index is -0.393. The Balaban J connectivity index is 1.76.